The van der Waals surface area contributed by atoms with E-state index in [1.807, 2.05) is 26.0 Å². The van der Waals surface area contributed by atoms with Crippen molar-refractivity contribution >= 4 is 23.4 Å². The minimum Gasteiger partial charge on any atom is -0.392 e. The van der Waals surface area contributed by atoms with Gasteiger partial charge in [0.05, 0.1) is 17.9 Å². The first-order valence-corrected chi connectivity index (χ1v) is 11.5. The van der Waals surface area contributed by atoms with Crippen molar-refractivity contribution in [2.45, 2.75) is 83.0 Å². The molecule has 1 aromatic rings. The molecule has 5 rings (SSSR count). The lowest BCUT2D eigenvalue weighted by molar-refractivity contribution is -0.146. The van der Waals surface area contributed by atoms with E-state index in [1.54, 1.807) is 6.92 Å². The monoisotopic (exact) mass is 425 g/mol. The molecule has 0 bridgehead atoms. The number of amides is 3. The topological polar surface area (TPSA) is 98.7 Å². The number of imide groups is 1. The minimum absolute atomic E-state index is 0.108. The van der Waals surface area contributed by atoms with Gasteiger partial charge in [-0.2, -0.15) is 0 Å². The molecule has 5 atom stereocenters. The summed E-state index contributed by atoms with van der Waals surface area (Å²) in [6, 6.07) is 3.16. The molecule has 1 saturated carbocycles. The van der Waals surface area contributed by atoms with E-state index < -0.39 is 29.5 Å². The highest BCUT2D eigenvalue weighted by atomic mass is 16.3. The van der Waals surface area contributed by atoms with Crippen LogP contribution in [0, 0.1) is 25.7 Å². The number of likely N-dealkylation sites (tertiary alicyclic amines) is 1. The lowest BCUT2D eigenvalue weighted by atomic mass is 9.75. The average molecular weight is 426 g/mol. The lowest BCUT2D eigenvalue weighted by Gasteiger charge is -2.32. The number of carbonyl (C=O) groups excluding carboxylic acids is 3. The Labute approximate surface area is 182 Å². The first-order chi connectivity index (χ1) is 14.8. The maximum atomic E-state index is 13.9. The van der Waals surface area contributed by atoms with Gasteiger partial charge in [-0.25, -0.2) is 0 Å². The maximum Gasteiger partial charge on any atom is 0.250 e. The van der Waals surface area contributed by atoms with Gasteiger partial charge in [0.2, 0.25) is 17.7 Å². The Morgan fingerprint density at radius 3 is 2.39 bits per heavy atom. The number of hydrogen-bond acceptors (Lipinski definition) is 5. The molecular weight excluding hydrogens is 394 g/mol. The van der Waals surface area contributed by atoms with Gasteiger partial charge in [0.1, 0.15) is 5.54 Å². The molecule has 3 fully saturated rings. The standard InChI is InChI=1S/C24H31N3O4/c1-12-10-13(2)19-16(11-12)24(23(31)25-19)18-17(20(26-24)14(3)28)21(29)27(22(18)30)15-8-6-4-5-7-9-15/h10-11,14-15,17-18,20,26,28H,4-9H2,1-3H3,(H,25,31)/t14-,17-,18-,20-,24+/m0/s1. The predicted octanol–water partition coefficient (Wildman–Crippen LogP) is 2.13. The van der Waals surface area contributed by atoms with Gasteiger partial charge in [0.15, 0.2) is 0 Å². The highest BCUT2D eigenvalue weighted by Gasteiger charge is 2.71. The molecule has 4 aliphatic rings. The second-order valence-corrected chi connectivity index (χ2v) is 9.87. The van der Waals surface area contributed by atoms with Gasteiger partial charge in [-0.3, -0.25) is 24.6 Å². The molecular formula is C24H31N3O4. The molecule has 3 heterocycles. The van der Waals surface area contributed by atoms with E-state index in [0.29, 0.717) is 5.69 Å². The molecule has 31 heavy (non-hydrogen) atoms. The highest BCUT2D eigenvalue weighted by molar-refractivity contribution is 6.15. The van der Waals surface area contributed by atoms with Crippen LogP contribution >= 0.6 is 0 Å². The second-order valence-electron chi connectivity index (χ2n) is 9.87. The average Bonchev–Trinajstić information content (AvgIpc) is 3.18. The van der Waals surface area contributed by atoms with Gasteiger partial charge < -0.3 is 10.4 Å². The van der Waals surface area contributed by atoms with Crippen LogP contribution in [0.4, 0.5) is 5.69 Å². The fourth-order valence-electron chi connectivity index (χ4n) is 6.50. The summed E-state index contributed by atoms with van der Waals surface area (Å²) in [5, 5.41) is 16.8. The number of nitrogens with zero attached hydrogens (tertiary/aromatic N) is 1. The number of nitrogens with one attached hydrogen (secondary N) is 2. The summed E-state index contributed by atoms with van der Waals surface area (Å²) < 4.78 is 0. The van der Waals surface area contributed by atoms with E-state index in [1.165, 1.54) is 4.90 Å². The van der Waals surface area contributed by atoms with Crippen LogP contribution in [0.3, 0.4) is 0 Å². The molecule has 1 aliphatic carbocycles. The van der Waals surface area contributed by atoms with E-state index in [2.05, 4.69) is 10.6 Å². The summed E-state index contributed by atoms with van der Waals surface area (Å²) in [7, 11) is 0. The zero-order chi connectivity index (χ0) is 22.1. The Kier molecular flexibility index (Phi) is 4.75. The Morgan fingerprint density at radius 1 is 1.06 bits per heavy atom. The third-order valence-corrected chi connectivity index (χ3v) is 7.84. The zero-order valence-corrected chi connectivity index (χ0v) is 18.4. The zero-order valence-electron chi connectivity index (χ0n) is 18.4. The number of carbonyl (C=O) groups is 3. The number of aliphatic hydroxyl groups excluding tert-OH is 1. The SMILES string of the molecule is Cc1cc(C)c2c(c1)[C@]1(N[C@@H]([C@H](C)O)[C@H]3C(=O)N(C4CCCCCC4)C(=O)[C@H]31)C(=O)N2. The van der Waals surface area contributed by atoms with E-state index in [9.17, 15) is 19.5 Å². The molecule has 0 aromatic heterocycles. The van der Waals surface area contributed by atoms with Crippen molar-refractivity contribution in [2.24, 2.45) is 11.8 Å². The molecule has 7 nitrogen and oxygen atoms in total. The summed E-state index contributed by atoms with van der Waals surface area (Å²) in [5.74, 6) is -2.39. The third-order valence-electron chi connectivity index (χ3n) is 7.84. The van der Waals surface area contributed by atoms with Crippen LogP contribution < -0.4 is 10.6 Å². The van der Waals surface area contributed by atoms with E-state index in [-0.39, 0.29) is 23.8 Å². The molecule has 0 unspecified atom stereocenters. The number of aliphatic hydroxyl groups is 1. The largest absolute Gasteiger partial charge is 0.392 e. The van der Waals surface area contributed by atoms with E-state index >= 15 is 0 Å². The summed E-state index contributed by atoms with van der Waals surface area (Å²) in [4.78, 5) is 42.5. The normalized spacial score (nSPS) is 34.1. The van der Waals surface area contributed by atoms with Crippen molar-refractivity contribution in [3.05, 3.63) is 28.8 Å². The Morgan fingerprint density at radius 2 is 1.74 bits per heavy atom. The molecule has 166 valence electrons. The Hall–Kier alpha value is -2.25. The van der Waals surface area contributed by atoms with E-state index in [4.69, 9.17) is 0 Å². The van der Waals surface area contributed by atoms with Crippen LogP contribution in [0.5, 0.6) is 0 Å². The van der Waals surface area contributed by atoms with Crippen molar-refractivity contribution in [1.82, 2.24) is 10.2 Å². The minimum atomic E-state index is -1.33. The summed E-state index contributed by atoms with van der Waals surface area (Å²) >= 11 is 0. The summed E-state index contributed by atoms with van der Waals surface area (Å²) in [6.07, 6.45) is 5.01. The second kappa shape index (κ2) is 7.14. The molecule has 1 spiro atoms. The van der Waals surface area contributed by atoms with Gasteiger partial charge in [-0.15, -0.1) is 0 Å². The highest BCUT2D eigenvalue weighted by Crippen LogP contribution is 2.54. The number of hydrogen-bond donors (Lipinski definition) is 3. The van der Waals surface area contributed by atoms with Crippen LogP contribution in [0.25, 0.3) is 0 Å². The number of aryl methyl sites for hydroxylation is 2. The van der Waals surface area contributed by atoms with Crippen molar-refractivity contribution in [3.63, 3.8) is 0 Å². The van der Waals surface area contributed by atoms with Gasteiger partial charge in [-0.05, 0) is 39.2 Å². The van der Waals surface area contributed by atoms with Crippen LogP contribution in [-0.4, -0.2) is 45.9 Å². The van der Waals surface area contributed by atoms with Crippen molar-refractivity contribution < 1.29 is 19.5 Å². The molecule has 7 heteroatoms. The Balaban J connectivity index is 1.65. The summed E-state index contributed by atoms with van der Waals surface area (Å²) in [5.41, 5.74) is 2.02. The summed E-state index contributed by atoms with van der Waals surface area (Å²) in [6.45, 7) is 5.51. The quantitative estimate of drug-likeness (QED) is 0.498. The number of anilines is 1. The van der Waals surface area contributed by atoms with Crippen molar-refractivity contribution in [1.29, 1.82) is 0 Å². The van der Waals surface area contributed by atoms with Gasteiger partial charge >= 0.3 is 0 Å². The van der Waals surface area contributed by atoms with Crippen LogP contribution in [0.2, 0.25) is 0 Å². The van der Waals surface area contributed by atoms with E-state index in [0.717, 1.165) is 55.2 Å². The van der Waals surface area contributed by atoms with Crippen molar-refractivity contribution in [3.8, 4) is 0 Å². The first kappa shape index (κ1) is 20.6. The molecule has 1 aromatic carbocycles. The third kappa shape index (κ3) is 2.75. The Bertz CT molecular complexity index is 966. The van der Waals surface area contributed by atoms with Gasteiger partial charge in [-0.1, -0.05) is 43.4 Å². The number of fused-ring (bicyclic) bond motifs is 4. The molecule has 3 amide bonds. The molecule has 0 radical (unpaired) electrons. The van der Waals surface area contributed by atoms with Crippen LogP contribution in [0.1, 0.15) is 62.1 Å². The fourth-order valence-corrected chi connectivity index (χ4v) is 6.50. The van der Waals surface area contributed by atoms with Gasteiger partial charge in [0.25, 0.3) is 0 Å². The van der Waals surface area contributed by atoms with Crippen LogP contribution in [0.15, 0.2) is 12.1 Å². The molecule has 3 N–H and O–H groups in total. The number of rotatable bonds is 2. The molecule has 2 saturated heterocycles. The molecule has 3 aliphatic heterocycles. The number of benzene rings is 1. The smallest absolute Gasteiger partial charge is 0.250 e. The fraction of sp³-hybridized carbons (Fsp3) is 0.625. The predicted molar refractivity (Wildman–Crippen MR) is 115 cm³/mol. The lowest BCUT2D eigenvalue weighted by Crippen LogP contribution is -2.55. The van der Waals surface area contributed by atoms with Crippen molar-refractivity contribution in [2.75, 3.05) is 5.32 Å². The van der Waals surface area contributed by atoms with Gasteiger partial charge in [0, 0.05) is 23.3 Å². The van der Waals surface area contributed by atoms with Crippen LogP contribution in [-0.2, 0) is 19.9 Å². The first-order valence-electron chi connectivity index (χ1n) is 11.5. The maximum absolute atomic E-state index is 13.9.